The molecule has 0 amide bonds. The van der Waals surface area contributed by atoms with Gasteiger partial charge >= 0.3 is 5.97 Å². The maximum atomic E-state index is 11.4. The van der Waals surface area contributed by atoms with Crippen LogP contribution in [0, 0.1) is 5.41 Å². The van der Waals surface area contributed by atoms with Crippen molar-refractivity contribution >= 4 is 11.7 Å². The molecule has 1 atom stereocenters. The van der Waals surface area contributed by atoms with E-state index < -0.39 is 11.4 Å². The van der Waals surface area contributed by atoms with Gasteiger partial charge in [0.2, 0.25) is 0 Å². The highest BCUT2D eigenvalue weighted by atomic mass is 16.4. The van der Waals surface area contributed by atoms with Crippen LogP contribution in [0.1, 0.15) is 32.3 Å². The smallest absolute Gasteiger partial charge is 0.309 e. The molecule has 1 aromatic rings. The Hall–Kier alpha value is -1.71. The predicted octanol–water partition coefficient (Wildman–Crippen LogP) is 2.43. The molecule has 4 heteroatoms. The molecule has 1 aliphatic heterocycles. The van der Waals surface area contributed by atoms with Crippen LogP contribution in [-0.4, -0.2) is 29.3 Å². The number of likely N-dealkylation sites (N-methyl/N-ethyl adjacent to an activating group) is 1. The SMILES string of the molecule is CCN1CC(C(C)(C)C(=O)O)c2c(O)cccc21. The molecule has 0 fully saturated rings. The molecule has 4 nitrogen and oxygen atoms in total. The zero-order valence-electron chi connectivity index (χ0n) is 11.0. The number of hydrogen-bond acceptors (Lipinski definition) is 3. The van der Waals surface area contributed by atoms with E-state index in [1.54, 1.807) is 26.0 Å². The van der Waals surface area contributed by atoms with Crippen molar-refractivity contribution in [2.24, 2.45) is 5.41 Å². The quantitative estimate of drug-likeness (QED) is 0.863. The molecular formula is C14H19NO3. The number of hydrogen-bond donors (Lipinski definition) is 2. The number of nitrogens with zero attached hydrogens (tertiary/aromatic N) is 1. The molecule has 1 unspecified atom stereocenters. The zero-order valence-corrected chi connectivity index (χ0v) is 11.0. The lowest BCUT2D eigenvalue weighted by atomic mass is 9.75. The number of aliphatic carboxylic acids is 1. The molecular weight excluding hydrogens is 230 g/mol. The number of aromatic hydroxyl groups is 1. The lowest BCUT2D eigenvalue weighted by Gasteiger charge is -2.28. The first kappa shape index (κ1) is 12.7. The molecule has 0 aliphatic carbocycles. The Morgan fingerprint density at radius 2 is 2.17 bits per heavy atom. The first-order valence-corrected chi connectivity index (χ1v) is 6.19. The minimum absolute atomic E-state index is 0.189. The van der Waals surface area contributed by atoms with Crippen LogP contribution in [0.15, 0.2) is 18.2 Å². The van der Waals surface area contributed by atoms with Crippen molar-refractivity contribution in [3.8, 4) is 5.75 Å². The van der Waals surface area contributed by atoms with Gasteiger partial charge in [0.05, 0.1) is 5.41 Å². The van der Waals surface area contributed by atoms with Gasteiger partial charge in [-0.15, -0.1) is 0 Å². The highest BCUT2D eigenvalue weighted by molar-refractivity contribution is 5.78. The van der Waals surface area contributed by atoms with Crippen molar-refractivity contribution in [1.29, 1.82) is 0 Å². The highest BCUT2D eigenvalue weighted by Gasteiger charge is 2.44. The number of anilines is 1. The molecule has 0 saturated heterocycles. The second-order valence-corrected chi connectivity index (χ2v) is 5.33. The second-order valence-electron chi connectivity index (χ2n) is 5.33. The van der Waals surface area contributed by atoms with E-state index in [1.807, 2.05) is 13.0 Å². The standard InChI is InChI=1S/C14H19NO3/c1-4-15-8-9(14(2,3)13(17)18)12-10(15)6-5-7-11(12)16/h5-7,9,16H,4,8H2,1-3H3,(H,17,18). The van der Waals surface area contributed by atoms with Crippen LogP contribution in [0.3, 0.4) is 0 Å². The van der Waals surface area contributed by atoms with Gasteiger partial charge in [0.15, 0.2) is 0 Å². The van der Waals surface area contributed by atoms with Crippen LogP contribution in [-0.2, 0) is 4.79 Å². The number of carbonyl (C=O) groups is 1. The Kier molecular flexibility index (Phi) is 2.97. The van der Waals surface area contributed by atoms with Crippen molar-refractivity contribution in [2.45, 2.75) is 26.7 Å². The number of benzene rings is 1. The van der Waals surface area contributed by atoms with E-state index in [-0.39, 0.29) is 11.7 Å². The van der Waals surface area contributed by atoms with Gasteiger partial charge in [-0.05, 0) is 32.9 Å². The Morgan fingerprint density at radius 1 is 1.50 bits per heavy atom. The van der Waals surface area contributed by atoms with Crippen LogP contribution in [0.5, 0.6) is 5.75 Å². The third-order valence-corrected chi connectivity index (χ3v) is 3.96. The molecule has 0 spiro atoms. The molecule has 98 valence electrons. The van der Waals surface area contributed by atoms with Crippen molar-refractivity contribution in [2.75, 3.05) is 18.0 Å². The van der Waals surface area contributed by atoms with Crippen molar-refractivity contribution in [1.82, 2.24) is 0 Å². The first-order chi connectivity index (χ1) is 8.39. The second kappa shape index (κ2) is 4.19. The molecule has 1 aliphatic rings. The van der Waals surface area contributed by atoms with Gasteiger partial charge in [0, 0.05) is 30.3 Å². The zero-order chi connectivity index (χ0) is 13.5. The van der Waals surface area contributed by atoms with Gasteiger partial charge in [-0.25, -0.2) is 0 Å². The molecule has 0 saturated carbocycles. The summed E-state index contributed by atoms with van der Waals surface area (Å²) in [5.41, 5.74) is 0.834. The largest absolute Gasteiger partial charge is 0.508 e. The van der Waals surface area contributed by atoms with E-state index in [9.17, 15) is 15.0 Å². The number of rotatable bonds is 3. The average Bonchev–Trinajstić information content (AvgIpc) is 2.69. The molecule has 1 heterocycles. The molecule has 0 bridgehead atoms. The fraction of sp³-hybridized carbons (Fsp3) is 0.500. The fourth-order valence-corrected chi connectivity index (χ4v) is 2.62. The van der Waals surface area contributed by atoms with Crippen LogP contribution < -0.4 is 4.90 Å². The van der Waals surface area contributed by atoms with E-state index >= 15 is 0 Å². The maximum Gasteiger partial charge on any atom is 0.309 e. The third kappa shape index (κ3) is 1.72. The maximum absolute atomic E-state index is 11.4. The molecule has 2 rings (SSSR count). The van der Waals surface area contributed by atoms with Gasteiger partial charge in [-0.2, -0.15) is 0 Å². The van der Waals surface area contributed by atoms with E-state index in [1.165, 1.54) is 0 Å². The topological polar surface area (TPSA) is 60.8 Å². The minimum Gasteiger partial charge on any atom is -0.508 e. The third-order valence-electron chi connectivity index (χ3n) is 3.96. The summed E-state index contributed by atoms with van der Waals surface area (Å²) in [6.45, 7) is 6.92. The summed E-state index contributed by atoms with van der Waals surface area (Å²) in [5.74, 6) is -0.825. The van der Waals surface area contributed by atoms with E-state index in [0.717, 1.165) is 17.8 Å². The van der Waals surface area contributed by atoms with Crippen LogP contribution >= 0.6 is 0 Å². The van der Waals surface area contributed by atoms with Crippen molar-refractivity contribution in [3.63, 3.8) is 0 Å². The summed E-state index contributed by atoms with van der Waals surface area (Å²) in [6, 6.07) is 5.37. The van der Waals surface area contributed by atoms with Crippen LogP contribution in [0.4, 0.5) is 5.69 Å². The average molecular weight is 249 g/mol. The monoisotopic (exact) mass is 249 g/mol. The Morgan fingerprint density at radius 3 is 2.72 bits per heavy atom. The molecule has 0 aromatic heterocycles. The summed E-state index contributed by atoms with van der Waals surface area (Å²) in [5, 5.41) is 19.4. The number of fused-ring (bicyclic) bond motifs is 1. The first-order valence-electron chi connectivity index (χ1n) is 6.19. The molecule has 0 radical (unpaired) electrons. The Bertz CT molecular complexity index is 482. The van der Waals surface area contributed by atoms with E-state index in [4.69, 9.17) is 0 Å². The van der Waals surface area contributed by atoms with Gasteiger partial charge in [0.25, 0.3) is 0 Å². The Balaban J connectivity index is 2.53. The van der Waals surface area contributed by atoms with Crippen LogP contribution in [0.2, 0.25) is 0 Å². The summed E-state index contributed by atoms with van der Waals surface area (Å²) in [4.78, 5) is 13.5. The lowest BCUT2D eigenvalue weighted by molar-refractivity contribution is -0.148. The van der Waals surface area contributed by atoms with Gasteiger partial charge < -0.3 is 15.1 Å². The molecule has 18 heavy (non-hydrogen) atoms. The summed E-state index contributed by atoms with van der Waals surface area (Å²) in [7, 11) is 0. The number of phenolic OH excluding ortho intramolecular Hbond substituents is 1. The fourth-order valence-electron chi connectivity index (χ4n) is 2.62. The number of phenols is 1. The van der Waals surface area contributed by atoms with E-state index in [0.29, 0.717) is 6.54 Å². The van der Waals surface area contributed by atoms with Crippen molar-refractivity contribution < 1.29 is 15.0 Å². The van der Waals surface area contributed by atoms with Crippen LogP contribution in [0.25, 0.3) is 0 Å². The van der Waals surface area contributed by atoms with Crippen molar-refractivity contribution in [3.05, 3.63) is 23.8 Å². The number of carboxylic acid groups (broad SMARTS) is 1. The summed E-state index contributed by atoms with van der Waals surface area (Å²) < 4.78 is 0. The Labute approximate surface area is 107 Å². The van der Waals surface area contributed by atoms with E-state index in [2.05, 4.69) is 4.90 Å². The lowest BCUT2D eigenvalue weighted by Crippen LogP contribution is -2.34. The minimum atomic E-state index is -0.891. The molecule has 1 aromatic carbocycles. The number of carboxylic acids is 1. The summed E-state index contributed by atoms with van der Waals surface area (Å²) >= 11 is 0. The highest BCUT2D eigenvalue weighted by Crippen LogP contribution is 2.49. The summed E-state index contributed by atoms with van der Waals surface area (Å²) in [6.07, 6.45) is 0. The van der Waals surface area contributed by atoms with Gasteiger partial charge in [0.1, 0.15) is 5.75 Å². The van der Waals surface area contributed by atoms with Gasteiger partial charge in [-0.1, -0.05) is 6.07 Å². The predicted molar refractivity (Wildman–Crippen MR) is 70.2 cm³/mol. The van der Waals surface area contributed by atoms with Gasteiger partial charge in [-0.3, -0.25) is 4.79 Å². The normalized spacial score (nSPS) is 18.8. The molecule has 2 N–H and O–H groups in total.